The summed E-state index contributed by atoms with van der Waals surface area (Å²) in [5.41, 5.74) is 4.15. The summed E-state index contributed by atoms with van der Waals surface area (Å²) in [6, 6.07) is 4.66. The van der Waals surface area contributed by atoms with Crippen molar-refractivity contribution in [3.8, 4) is 5.75 Å². The molecule has 0 spiro atoms. The predicted octanol–water partition coefficient (Wildman–Crippen LogP) is 3.83. The number of ether oxygens (including phenoxy) is 2. The number of aliphatic imine (C=N–C) groups is 1. The number of benzene rings is 1. The van der Waals surface area contributed by atoms with Crippen molar-refractivity contribution in [2.24, 2.45) is 4.99 Å². The van der Waals surface area contributed by atoms with E-state index in [0.717, 1.165) is 37.2 Å². The van der Waals surface area contributed by atoms with Gasteiger partial charge in [-0.3, -0.25) is 9.79 Å². The zero-order chi connectivity index (χ0) is 23.5. The standard InChI is InChI=1S/C25H28FN5O3/c1-33-24-16(26)7-4-8-18(24)31-23-17-9-5-10-27-13-19-20(14-28-19)34-11-3-2-6-15-12-29-25(32)21(23)22(15)30-17/h4-5,7-10,13,15,20,28,30-31H,2-3,6,11-12,14H2,1H3,(H,29,32)/b9-5-,19-13+,27-10-. The van der Waals surface area contributed by atoms with Gasteiger partial charge in [0.25, 0.3) is 5.91 Å². The molecule has 9 heteroatoms. The van der Waals surface area contributed by atoms with Crippen molar-refractivity contribution >= 4 is 29.6 Å². The van der Waals surface area contributed by atoms with Crippen LogP contribution in [-0.4, -0.2) is 50.0 Å². The molecule has 2 unspecified atom stereocenters. The van der Waals surface area contributed by atoms with E-state index in [4.69, 9.17) is 9.47 Å². The van der Waals surface area contributed by atoms with Crippen LogP contribution in [0.5, 0.6) is 5.75 Å². The second-order valence-corrected chi connectivity index (χ2v) is 8.53. The molecule has 2 aromatic rings. The molecular weight excluding hydrogens is 437 g/mol. The van der Waals surface area contributed by atoms with Gasteiger partial charge in [0.15, 0.2) is 11.6 Å². The molecular formula is C25H28FN5O3. The van der Waals surface area contributed by atoms with E-state index in [2.05, 4.69) is 25.9 Å². The molecule has 4 heterocycles. The first-order chi connectivity index (χ1) is 16.7. The number of nitrogens with one attached hydrogen (secondary N) is 4. The fourth-order valence-corrected chi connectivity index (χ4v) is 4.55. The molecule has 2 atom stereocenters. The van der Waals surface area contributed by atoms with Crippen molar-refractivity contribution in [2.75, 3.05) is 32.1 Å². The first-order valence-corrected chi connectivity index (χ1v) is 11.5. The monoisotopic (exact) mass is 465 g/mol. The van der Waals surface area contributed by atoms with E-state index in [9.17, 15) is 9.18 Å². The summed E-state index contributed by atoms with van der Waals surface area (Å²) in [6.07, 6.45) is 10.0. The number of methoxy groups -OCH3 is 1. The van der Waals surface area contributed by atoms with Crippen LogP contribution in [0.4, 0.5) is 15.8 Å². The van der Waals surface area contributed by atoms with E-state index in [1.165, 1.54) is 13.2 Å². The Morgan fingerprint density at radius 3 is 2.97 bits per heavy atom. The van der Waals surface area contributed by atoms with Crippen LogP contribution < -0.4 is 20.7 Å². The SMILES string of the molecule is COc1c(F)cccc1Nc1c2[nH]c3c1C(=O)NCC3CCCCOC1CN/C1=C/N=C\C=C/2. The van der Waals surface area contributed by atoms with E-state index in [-0.39, 0.29) is 23.7 Å². The third-order valence-corrected chi connectivity index (χ3v) is 6.39. The Bertz CT molecular complexity index is 1170. The van der Waals surface area contributed by atoms with Gasteiger partial charge in [0.2, 0.25) is 0 Å². The lowest BCUT2D eigenvalue weighted by molar-refractivity contribution is 0.0442. The van der Waals surface area contributed by atoms with Crippen molar-refractivity contribution in [1.29, 1.82) is 0 Å². The van der Waals surface area contributed by atoms with Crippen LogP contribution >= 0.6 is 0 Å². The summed E-state index contributed by atoms with van der Waals surface area (Å²) in [6.45, 7) is 2.05. The highest BCUT2D eigenvalue weighted by Crippen LogP contribution is 2.39. The minimum atomic E-state index is -0.479. The number of H-pyrrole nitrogens is 1. The Balaban J connectivity index is 1.54. The maximum absolute atomic E-state index is 14.3. The van der Waals surface area contributed by atoms with Crippen LogP contribution in [-0.2, 0) is 4.74 Å². The highest BCUT2D eigenvalue weighted by Gasteiger charge is 2.32. The van der Waals surface area contributed by atoms with Crippen molar-refractivity contribution in [3.63, 3.8) is 0 Å². The first-order valence-electron chi connectivity index (χ1n) is 11.5. The van der Waals surface area contributed by atoms with Gasteiger partial charge in [0.05, 0.1) is 35.4 Å². The number of carbonyl (C=O) groups excluding carboxylic acids is 1. The molecule has 4 N–H and O–H groups in total. The fourth-order valence-electron chi connectivity index (χ4n) is 4.55. The Labute approximate surface area is 197 Å². The Hall–Kier alpha value is -3.59. The number of halogens is 1. The maximum Gasteiger partial charge on any atom is 0.255 e. The molecule has 178 valence electrons. The van der Waals surface area contributed by atoms with E-state index in [1.54, 1.807) is 30.6 Å². The van der Waals surface area contributed by atoms with E-state index >= 15 is 0 Å². The number of aromatic amines is 1. The molecule has 34 heavy (non-hydrogen) atoms. The number of rotatable bonds is 3. The van der Waals surface area contributed by atoms with Crippen LogP contribution in [0.3, 0.4) is 0 Å². The Kier molecular flexibility index (Phi) is 6.35. The molecule has 1 aromatic heterocycles. The molecule has 2 bridgehead atoms. The molecule has 1 aromatic carbocycles. The maximum atomic E-state index is 14.3. The number of allylic oxidation sites excluding steroid dienone is 1. The van der Waals surface area contributed by atoms with Crippen molar-refractivity contribution in [2.45, 2.75) is 31.3 Å². The third-order valence-electron chi connectivity index (χ3n) is 6.39. The Morgan fingerprint density at radius 2 is 2.15 bits per heavy atom. The normalized spacial score (nSPS) is 25.5. The van der Waals surface area contributed by atoms with Gasteiger partial charge < -0.3 is 30.4 Å². The zero-order valence-corrected chi connectivity index (χ0v) is 19.0. The summed E-state index contributed by atoms with van der Waals surface area (Å²) >= 11 is 0. The largest absolute Gasteiger partial charge is 0.492 e. The van der Waals surface area contributed by atoms with Crippen LogP contribution in [0.1, 0.15) is 46.9 Å². The van der Waals surface area contributed by atoms with Crippen LogP contribution in [0.2, 0.25) is 0 Å². The molecule has 1 fully saturated rings. The highest BCUT2D eigenvalue weighted by atomic mass is 19.1. The van der Waals surface area contributed by atoms with Crippen molar-refractivity contribution in [1.82, 2.24) is 15.6 Å². The van der Waals surface area contributed by atoms with Crippen LogP contribution in [0.25, 0.3) is 6.08 Å². The molecule has 0 radical (unpaired) electrons. The number of hydrogen-bond acceptors (Lipinski definition) is 6. The molecule has 3 aliphatic heterocycles. The number of nitrogens with zero attached hydrogens (tertiary/aromatic N) is 1. The topological polar surface area (TPSA) is 99.8 Å². The van der Waals surface area contributed by atoms with Gasteiger partial charge in [-0.25, -0.2) is 4.39 Å². The van der Waals surface area contributed by atoms with Crippen LogP contribution in [0.15, 0.2) is 41.2 Å². The van der Waals surface area contributed by atoms with Gasteiger partial charge in [-0.2, -0.15) is 0 Å². The number of para-hydroxylation sites is 1. The van der Waals surface area contributed by atoms with Crippen molar-refractivity contribution < 1.29 is 18.7 Å². The van der Waals surface area contributed by atoms with Gasteiger partial charge >= 0.3 is 0 Å². The number of hydrogen-bond donors (Lipinski definition) is 4. The highest BCUT2D eigenvalue weighted by molar-refractivity contribution is 6.05. The lowest BCUT2D eigenvalue weighted by atomic mass is 9.92. The zero-order valence-electron chi connectivity index (χ0n) is 19.0. The van der Waals surface area contributed by atoms with E-state index in [1.807, 2.05) is 6.08 Å². The molecule has 5 rings (SSSR count). The van der Waals surface area contributed by atoms with Gasteiger partial charge in [0.1, 0.15) is 6.10 Å². The van der Waals surface area contributed by atoms with E-state index in [0.29, 0.717) is 35.8 Å². The number of aromatic nitrogens is 1. The minimum Gasteiger partial charge on any atom is -0.492 e. The summed E-state index contributed by atoms with van der Waals surface area (Å²) < 4.78 is 25.5. The quantitative estimate of drug-likeness (QED) is 0.552. The fraction of sp³-hybridized carbons (Fsp3) is 0.360. The van der Waals surface area contributed by atoms with Gasteiger partial charge in [-0.1, -0.05) is 12.5 Å². The first kappa shape index (κ1) is 22.2. The number of anilines is 2. The lowest BCUT2D eigenvalue weighted by Crippen LogP contribution is -2.46. The molecule has 3 aliphatic rings. The number of amides is 1. The number of carbonyl (C=O) groups is 1. The second kappa shape index (κ2) is 9.72. The summed E-state index contributed by atoms with van der Waals surface area (Å²) in [5, 5.41) is 9.50. The van der Waals surface area contributed by atoms with Gasteiger partial charge in [0, 0.05) is 43.7 Å². The van der Waals surface area contributed by atoms with Gasteiger partial charge in [-0.15, -0.1) is 0 Å². The van der Waals surface area contributed by atoms with Crippen LogP contribution in [0, 0.1) is 5.82 Å². The number of fused-ring (bicyclic) bond motifs is 2. The van der Waals surface area contributed by atoms with Gasteiger partial charge in [-0.05, 0) is 37.1 Å². The minimum absolute atomic E-state index is 0.0786. The average molecular weight is 466 g/mol. The molecule has 0 saturated carbocycles. The molecule has 8 nitrogen and oxygen atoms in total. The molecule has 1 saturated heterocycles. The van der Waals surface area contributed by atoms with Crippen molar-refractivity contribution in [3.05, 3.63) is 58.9 Å². The summed E-state index contributed by atoms with van der Waals surface area (Å²) in [4.78, 5) is 20.7. The third kappa shape index (κ3) is 4.31. The lowest BCUT2D eigenvalue weighted by Gasteiger charge is -2.31. The summed E-state index contributed by atoms with van der Waals surface area (Å²) in [7, 11) is 1.42. The average Bonchev–Trinajstić information content (AvgIpc) is 3.17. The van der Waals surface area contributed by atoms with E-state index < -0.39 is 5.82 Å². The predicted molar refractivity (Wildman–Crippen MR) is 129 cm³/mol. The smallest absolute Gasteiger partial charge is 0.255 e. The molecule has 1 amide bonds. The Morgan fingerprint density at radius 1 is 1.24 bits per heavy atom. The second-order valence-electron chi connectivity index (χ2n) is 8.53. The molecule has 0 aliphatic carbocycles. The summed E-state index contributed by atoms with van der Waals surface area (Å²) in [5.74, 6) is -0.407.